The highest BCUT2D eigenvalue weighted by Gasteiger charge is 2.18. The Morgan fingerprint density at radius 3 is 2.79 bits per heavy atom. The van der Waals surface area contributed by atoms with Gasteiger partial charge in [-0.3, -0.25) is 4.68 Å². The molecular weight excluding hydrogens is 335 g/mol. The van der Waals surface area contributed by atoms with Crippen LogP contribution < -0.4 is 0 Å². The van der Waals surface area contributed by atoms with Gasteiger partial charge in [0.2, 0.25) is 0 Å². The van der Waals surface area contributed by atoms with Crippen molar-refractivity contribution in [1.82, 2.24) is 9.78 Å². The number of hydrogen-bond acceptors (Lipinski definition) is 2. The van der Waals surface area contributed by atoms with Crippen molar-refractivity contribution in [2.24, 2.45) is 7.05 Å². The van der Waals surface area contributed by atoms with E-state index in [4.69, 9.17) is 11.6 Å². The molecule has 0 bridgehead atoms. The Bertz CT molecular complexity index is 615. The van der Waals surface area contributed by atoms with E-state index in [1.165, 1.54) is 12.1 Å². The van der Waals surface area contributed by atoms with E-state index in [0.717, 1.165) is 11.3 Å². The molecule has 2 aromatic rings. The summed E-state index contributed by atoms with van der Waals surface area (Å²) in [5, 5.41) is 14.9. The van der Waals surface area contributed by atoms with E-state index in [1.807, 2.05) is 6.92 Å². The molecule has 6 heteroatoms. The highest BCUT2D eigenvalue weighted by atomic mass is 79.9. The summed E-state index contributed by atoms with van der Waals surface area (Å²) < 4.78 is 15.5. The molecule has 1 atom stereocenters. The third kappa shape index (κ3) is 2.99. The van der Waals surface area contributed by atoms with Gasteiger partial charge in [-0.2, -0.15) is 5.10 Å². The first-order chi connectivity index (χ1) is 8.90. The van der Waals surface area contributed by atoms with Gasteiger partial charge in [0.05, 0.1) is 11.8 Å². The molecule has 1 unspecified atom stereocenters. The number of halogens is 3. The Labute approximate surface area is 124 Å². The third-order valence-electron chi connectivity index (χ3n) is 2.98. The highest BCUT2D eigenvalue weighted by molar-refractivity contribution is 9.10. The molecule has 1 N–H and O–H groups in total. The van der Waals surface area contributed by atoms with E-state index in [0.29, 0.717) is 21.6 Å². The second kappa shape index (κ2) is 5.61. The van der Waals surface area contributed by atoms with Gasteiger partial charge in [0, 0.05) is 23.5 Å². The summed E-state index contributed by atoms with van der Waals surface area (Å²) in [4.78, 5) is 0. The standard InChI is InChI=1S/C13H13BrClFN2O/c1-7-9(13(15)18(2)17-7)6-12(19)10-5-8(16)3-4-11(10)14/h3-5,12,19H,6H2,1-2H3. The normalized spacial score (nSPS) is 12.7. The molecule has 0 radical (unpaired) electrons. The Morgan fingerprint density at radius 1 is 1.53 bits per heavy atom. The van der Waals surface area contributed by atoms with Crippen LogP contribution in [0.25, 0.3) is 0 Å². The maximum Gasteiger partial charge on any atom is 0.130 e. The summed E-state index contributed by atoms with van der Waals surface area (Å²) in [5.74, 6) is -0.383. The molecule has 102 valence electrons. The molecular formula is C13H13BrClFN2O. The van der Waals surface area contributed by atoms with Crippen LogP contribution in [0.3, 0.4) is 0 Å². The van der Waals surface area contributed by atoms with Gasteiger partial charge in [-0.25, -0.2) is 4.39 Å². The molecule has 0 fully saturated rings. The fourth-order valence-electron chi connectivity index (χ4n) is 1.98. The van der Waals surface area contributed by atoms with Crippen LogP contribution in [0, 0.1) is 12.7 Å². The zero-order valence-electron chi connectivity index (χ0n) is 10.5. The number of aromatic nitrogens is 2. The first-order valence-corrected chi connectivity index (χ1v) is 6.88. The Hall–Kier alpha value is -0.910. The van der Waals surface area contributed by atoms with Gasteiger partial charge in [-0.05, 0) is 30.7 Å². The molecule has 1 aromatic carbocycles. The van der Waals surface area contributed by atoms with E-state index in [1.54, 1.807) is 17.8 Å². The predicted molar refractivity (Wildman–Crippen MR) is 75.7 cm³/mol. The predicted octanol–water partition coefficient (Wildman–Crippen LogP) is 3.56. The molecule has 0 amide bonds. The number of aliphatic hydroxyl groups is 1. The molecule has 0 saturated carbocycles. The van der Waals surface area contributed by atoms with Crippen LogP contribution in [0.4, 0.5) is 4.39 Å². The van der Waals surface area contributed by atoms with Crippen molar-refractivity contribution in [1.29, 1.82) is 0 Å². The zero-order valence-corrected chi connectivity index (χ0v) is 12.8. The van der Waals surface area contributed by atoms with Crippen LogP contribution in [0.2, 0.25) is 5.15 Å². The summed E-state index contributed by atoms with van der Waals surface area (Å²) in [7, 11) is 1.74. The molecule has 1 heterocycles. The summed E-state index contributed by atoms with van der Waals surface area (Å²) in [5.41, 5.74) is 2.03. The number of aliphatic hydroxyl groups excluding tert-OH is 1. The molecule has 19 heavy (non-hydrogen) atoms. The number of hydrogen-bond donors (Lipinski definition) is 1. The van der Waals surface area contributed by atoms with Crippen molar-refractivity contribution in [2.45, 2.75) is 19.4 Å². The van der Waals surface area contributed by atoms with Crippen molar-refractivity contribution >= 4 is 27.5 Å². The SMILES string of the molecule is Cc1nn(C)c(Cl)c1CC(O)c1cc(F)ccc1Br. The number of rotatable bonds is 3. The van der Waals surface area contributed by atoms with Crippen LogP contribution in [-0.4, -0.2) is 14.9 Å². The lowest BCUT2D eigenvalue weighted by Crippen LogP contribution is -2.04. The first-order valence-electron chi connectivity index (χ1n) is 5.71. The topological polar surface area (TPSA) is 38.0 Å². The van der Waals surface area contributed by atoms with Gasteiger partial charge in [-0.1, -0.05) is 27.5 Å². The summed E-state index contributed by atoms with van der Waals surface area (Å²) >= 11 is 9.43. The van der Waals surface area contributed by atoms with Crippen LogP contribution in [0.1, 0.15) is 22.9 Å². The van der Waals surface area contributed by atoms with E-state index in [9.17, 15) is 9.50 Å². The molecule has 0 saturated heterocycles. The quantitative estimate of drug-likeness (QED) is 0.922. The van der Waals surface area contributed by atoms with E-state index >= 15 is 0 Å². The maximum atomic E-state index is 13.2. The zero-order chi connectivity index (χ0) is 14.2. The molecule has 0 aliphatic carbocycles. The lowest BCUT2D eigenvalue weighted by atomic mass is 10.0. The molecule has 2 rings (SSSR count). The van der Waals surface area contributed by atoms with Crippen molar-refractivity contribution < 1.29 is 9.50 Å². The van der Waals surface area contributed by atoms with E-state index in [-0.39, 0.29) is 5.82 Å². The largest absolute Gasteiger partial charge is 0.388 e. The van der Waals surface area contributed by atoms with E-state index < -0.39 is 6.10 Å². The summed E-state index contributed by atoms with van der Waals surface area (Å²) in [6.07, 6.45) is -0.550. The van der Waals surface area contributed by atoms with Gasteiger partial charge >= 0.3 is 0 Å². The number of aryl methyl sites for hydroxylation is 2. The maximum absolute atomic E-state index is 13.2. The lowest BCUT2D eigenvalue weighted by molar-refractivity contribution is 0.177. The Balaban J connectivity index is 2.30. The second-order valence-corrected chi connectivity index (χ2v) is 5.58. The molecule has 1 aromatic heterocycles. The van der Waals surface area contributed by atoms with Crippen molar-refractivity contribution in [3.8, 4) is 0 Å². The van der Waals surface area contributed by atoms with Crippen LogP contribution in [-0.2, 0) is 13.5 Å². The van der Waals surface area contributed by atoms with Gasteiger partial charge in [0.1, 0.15) is 11.0 Å². The summed E-state index contributed by atoms with van der Waals surface area (Å²) in [6.45, 7) is 1.83. The minimum Gasteiger partial charge on any atom is -0.388 e. The Morgan fingerprint density at radius 2 is 2.21 bits per heavy atom. The fraction of sp³-hybridized carbons (Fsp3) is 0.308. The van der Waals surface area contributed by atoms with Gasteiger partial charge in [0.15, 0.2) is 0 Å². The molecule has 0 aliphatic rings. The number of benzene rings is 1. The first kappa shape index (κ1) is 14.5. The average Bonchev–Trinajstić information content (AvgIpc) is 2.59. The third-order valence-corrected chi connectivity index (χ3v) is 4.18. The molecule has 3 nitrogen and oxygen atoms in total. The van der Waals surface area contributed by atoms with Crippen molar-refractivity contribution in [3.63, 3.8) is 0 Å². The van der Waals surface area contributed by atoms with Gasteiger partial charge in [0.25, 0.3) is 0 Å². The van der Waals surface area contributed by atoms with Crippen LogP contribution in [0.15, 0.2) is 22.7 Å². The molecule has 0 aliphatic heterocycles. The second-order valence-electron chi connectivity index (χ2n) is 4.36. The minimum atomic E-state index is -0.842. The van der Waals surface area contributed by atoms with E-state index in [2.05, 4.69) is 21.0 Å². The Kier molecular flexibility index (Phi) is 4.28. The minimum absolute atomic E-state index is 0.292. The van der Waals surface area contributed by atoms with Crippen LogP contribution in [0.5, 0.6) is 0 Å². The molecule has 0 spiro atoms. The lowest BCUT2D eigenvalue weighted by Gasteiger charge is -2.13. The van der Waals surface area contributed by atoms with Gasteiger partial charge < -0.3 is 5.11 Å². The average molecular weight is 348 g/mol. The van der Waals surface area contributed by atoms with Gasteiger partial charge in [-0.15, -0.1) is 0 Å². The van der Waals surface area contributed by atoms with Crippen molar-refractivity contribution in [2.75, 3.05) is 0 Å². The highest BCUT2D eigenvalue weighted by Crippen LogP contribution is 2.30. The number of nitrogens with zero attached hydrogens (tertiary/aromatic N) is 2. The summed E-state index contributed by atoms with van der Waals surface area (Å²) in [6, 6.07) is 4.22. The van der Waals surface area contributed by atoms with Crippen LogP contribution >= 0.6 is 27.5 Å². The van der Waals surface area contributed by atoms with Crippen molar-refractivity contribution in [3.05, 3.63) is 50.5 Å². The smallest absolute Gasteiger partial charge is 0.130 e. The fourth-order valence-corrected chi connectivity index (χ4v) is 2.74. The monoisotopic (exact) mass is 346 g/mol.